The first kappa shape index (κ1) is 13.2. The Hall–Kier alpha value is -2.28. The number of nitrogens with zero attached hydrogens (tertiary/aromatic N) is 1. The largest absolute Gasteiger partial charge is 0.478 e. The van der Waals surface area contributed by atoms with Crippen LogP contribution in [0.3, 0.4) is 0 Å². The number of rotatable bonds is 5. The molecule has 0 saturated heterocycles. The molecule has 0 fully saturated rings. The summed E-state index contributed by atoms with van der Waals surface area (Å²) in [6, 6.07) is 9.30. The maximum atomic E-state index is 10.8. The van der Waals surface area contributed by atoms with E-state index in [1.807, 2.05) is 0 Å². The SMILES string of the molecule is O=C(O)c1cccc(SCc2ccc([N+](=O)[O-])o2)c1. The molecule has 1 aromatic heterocycles. The van der Waals surface area contributed by atoms with Crippen LogP contribution in [0.15, 0.2) is 45.7 Å². The summed E-state index contributed by atoms with van der Waals surface area (Å²) in [5.41, 5.74) is 0.204. The van der Waals surface area contributed by atoms with E-state index < -0.39 is 10.9 Å². The van der Waals surface area contributed by atoms with Gasteiger partial charge in [0.1, 0.15) is 10.7 Å². The summed E-state index contributed by atoms with van der Waals surface area (Å²) < 4.78 is 5.01. The molecule has 7 heteroatoms. The Balaban J connectivity index is 2.03. The Labute approximate surface area is 112 Å². The Morgan fingerprint density at radius 3 is 2.79 bits per heavy atom. The van der Waals surface area contributed by atoms with Gasteiger partial charge >= 0.3 is 11.9 Å². The quantitative estimate of drug-likeness (QED) is 0.513. The molecule has 2 aromatic rings. The monoisotopic (exact) mass is 279 g/mol. The zero-order valence-electron chi connectivity index (χ0n) is 9.61. The number of carboxylic acids is 1. The first-order chi connectivity index (χ1) is 9.06. The smallest absolute Gasteiger partial charge is 0.433 e. The predicted molar refractivity (Wildman–Crippen MR) is 68.3 cm³/mol. The second-order valence-corrected chi connectivity index (χ2v) is 4.67. The summed E-state index contributed by atoms with van der Waals surface area (Å²) in [5.74, 6) is -0.417. The predicted octanol–water partition coefficient (Wildman–Crippen LogP) is 3.18. The number of furan rings is 1. The number of carbonyl (C=O) groups is 1. The Bertz CT molecular complexity index is 622. The number of hydrogen-bond acceptors (Lipinski definition) is 5. The molecule has 98 valence electrons. The molecule has 19 heavy (non-hydrogen) atoms. The van der Waals surface area contributed by atoms with Gasteiger partial charge in [-0.1, -0.05) is 6.07 Å². The van der Waals surface area contributed by atoms with Crippen LogP contribution in [0.5, 0.6) is 0 Å². The number of thioether (sulfide) groups is 1. The van der Waals surface area contributed by atoms with Gasteiger partial charge in [-0.05, 0) is 24.3 Å². The molecule has 0 aliphatic carbocycles. The zero-order valence-corrected chi connectivity index (χ0v) is 10.4. The van der Waals surface area contributed by atoms with Gasteiger partial charge < -0.3 is 9.52 Å². The molecular formula is C12H9NO5S. The molecule has 2 rings (SSSR count). The van der Waals surface area contributed by atoms with Crippen LogP contribution < -0.4 is 0 Å². The van der Waals surface area contributed by atoms with Gasteiger partial charge in [0.25, 0.3) is 0 Å². The van der Waals surface area contributed by atoms with Crippen molar-refractivity contribution in [2.24, 2.45) is 0 Å². The minimum absolute atomic E-state index is 0.204. The molecule has 0 radical (unpaired) electrons. The van der Waals surface area contributed by atoms with Crippen molar-refractivity contribution in [1.29, 1.82) is 0 Å². The third-order valence-corrected chi connectivity index (χ3v) is 3.31. The van der Waals surface area contributed by atoms with Crippen molar-refractivity contribution < 1.29 is 19.2 Å². The third kappa shape index (κ3) is 3.35. The van der Waals surface area contributed by atoms with Crippen LogP contribution in [0, 0.1) is 10.1 Å². The van der Waals surface area contributed by atoms with Gasteiger partial charge in [-0.25, -0.2) is 4.79 Å². The van der Waals surface area contributed by atoms with E-state index in [2.05, 4.69) is 0 Å². The molecule has 0 aliphatic rings. The molecule has 0 saturated carbocycles. The van der Waals surface area contributed by atoms with E-state index in [-0.39, 0.29) is 11.4 Å². The first-order valence-corrected chi connectivity index (χ1v) is 6.24. The fourth-order valence-electron chi connectivity index (χ4n) is 1.42. The van der Waals surface area contributed by atoms with Gasteiger partial charge in [-0.2, -0.15) is 0 Å². The molecular weight excluding hydrogens is 270 g/mol. The minimum atomic E-state index is -0.990. The van der Waals surface area contributed by atoms with Gasteiger partial charge in [-0.15, -0.1) is 11.8 Å². The average molecular weight is 279 g/mol. The third-order valence-electron chi connectivity index (χ3n) is 2.29. The molecule has 0 aliphatic heterocycles. The van der Waals surface area contributed by atoms with Gasteiger partial charge in [0.05, 0.1) is 17.4 Å². The lowest BCUT2D eigenvalue weighted by Gasteiger charge is -2.00. The molecule has 0 spiro atoms. The molecule has 0 atom stereocenters. The van der Waals surface area contributed by atoms with Crippen molar-refractivity contribution in [3.05, 3.63) is 57.8 Å². The van der Waals surface area contributed by atoms with E-state index in [1.165, 1.54) is 30.0 Å². The summed E-state index contributed by atoms with van der Waals surface area (Å²) in [6.45, 7) is 0. The van der Waals surface area contributed by atoms with Gasteiger partial charge in [0, 0.05) is 4.90 Å². The minimum Gasteiger partial charge on any atom is -0.478 e. The van der Waals surface area contributed by atoms with Crippen LogP contribution >= 0.6 is 11.8 Å². The summed E-state index contributed by atoms with van der Waals surface area (Å²) >= 11 is 1.35. The van der Waals surface area contributed by atoms with E-state index in [4.69, 9.17) is 9.52 Å². The summed E-state index contributed by atoms with van der Waals surface area (Å²) in [7, 11) is 0. The fraction of sp³-hybridized carbons (Fsp3) is 0.0833. The highest BCUT2D eigenvalue weighted by Gasteiger charge is 2.12. The molecule has 0 bridgehead atoms. The zero-order chi connectivity index (χ0) is 13.8. The van der Waals surface area contributed by atoms with Crippen LogP contribution in [-0.2, 0) is 5.75 Å². The lowest BCUT2D eigenvalue weighted by molar-refractivity contribution is -0.402. The van der Waals surface area contributed by atoms with Crippen LogP contribution in [0.4, 0.5) is 5.88 Å². The molecule has 1 heterocycles. The van der Waals surface area contributed by atoms with Crippen molar-refractivity contribution in [2.75, 3.05) is 0 Å². The number of hydrogen-bond donors (Lipinski definition) is 1. The maximum Gasteiger partial charge on any atom is 0.433 e. The average Bonchev–Trinajstić information content (AvgIpc) is 2.85. The van der Waals surface area contributed by atoms with Crippen molar-refractivity contribution in [3.63, 3.8) is 0 Å². The highest BCUT2D eigenvalue weighted by molar-refractivity contribution is 7.98. The van der Waals surface area contributed by atoms with Crippen LogP contribution in [0.2, 0.25) is 0 Å². The number of benzene rings is 1. The molecule has 0 unspecified atom stereocenters. The Morgan fingerprint density at radius 1 is 1.37 bits per heavy atom. The summed E-state index contributed by atoms with van der Waals surface area (Å²) in [6.07, 6.45) is 0. The lowest BCUT2D eigenvalue weighted by Crippen LogP contribution is -1.95. The van der Waals surface area contributed by atoms with E-state index in [9.17, 15) is 14.9 Å². The van der Waals surface area contributed by atoms with E-state index in [1.54, 1.807) is 18.2 Å². The summed E-state index contributed by atoms with van der Waals surface area (Å²) in [5, 5.41) is 19.3. The summed E-state index contributed by atoms with van der Waals surface area (Å²) in [4.78, 5) is 21.4. The van der Waals surface area contributed by atoms with Crippen LogP contribution in [0.25, 0.3) is 0 Å². The highest BCUT2D eigenvalue weighted by Crippen LogP contribution is 2.26. The highest BCUT2D eigenvalue weighted by atomic mass is 32.2. The number of nitro groups is 1. The molecule has 0 amide bonds. The van der Waals surface area contributed by atoms with Gasteiger partial charge in [-0.3, -0.25) is 10.1 Å². The van der Waals surface area contributed by atoms with E-state index in [0.717, 1.165) is 4.90 Å². The van der Waals surface area contributed by atoms with Crippen molar-refractivity contribution in [2.45, 2.75) is 10.6 Å². The van der Waals surface area contributed by atoms with Crippen molar-refractivity contribution >= 4 is 23.6 Å². The Morgan fingerprint density at radius 2 is 2.16 bits per heavy atom. The number of carboxylic acid groups (broad SMARTS) is 1. The standard InChI is InChI=1S/C12H9NO5S/c14-12(15)8-2-1-3-10(6-8)19-7-9-4-5-11(18-9)13(16)17/h1-6H,7H2,(H,14,15). The van der Waals surface area contributed by atoms with Crippen molar-refractivity contribution in [1.82, 2.24) is 0 Å². The first-order valence-electron chi connectivity index (χ1n) is 5.25. The second kappa shape index (κ2) is 5.57. The number of aromatic carboxylic acids is 1. The molecule has 1 N–H and O–H groups in total. The Kier molecular flexibility index (Phi) is 3.86. The van der Waals surface area contributed by atoms with Crippen LogP contribution in [-0.4, -0.2) is 16.0 Å². The topological polar surface area (TPSA) is 93.6 Å². The van der Waals surface area contributed by atoms with E-state index in [0.29, 0.717) is 11.5 Å². The fourth-order valence-corrected chi connectivity index (χ4v) is 2.26. The van der Waals surface area contributed by atoms with E-state index >= 15 is 0 Å². The van der Waals surface area contributed by atoms with Gasteiger partial charge in [0.2, 0.25) is 0 Å². The normalized spacial score (nSPS) is 10.3. The molecule has 6 nitrogen and oxygen atoms in total. The van der Waals surface area contributed by atoms with Gasteiger partial charge in [0.15, 0.2) is 0 Å². The van der Waals surface area contributed by atoms with Crippen molar-refractivity contribution in [3.8, 4) is 0 Å². The van der Waals surface area contributed by atoms with Crippen LogP contribution in [0.1, 0.15) is 16.1 Å². The molecule has 1 aromatic carbocycles. The maximum absolute atomic E-state index is 10.8. The second-order valence-electron chi connectivity index (χ2n) is 3.62. The lowest BCUT2D eigenvalue weighted by atomic mass is 10.2.